The molecule has 0 aromatic heterocycles. The molecule has 0 heterocycles. The van der Waals surface area contributed by atoms with Gasteiger partial charge in [0, 0.05) is 6.61 Å². The molecule has 0 aliphatic carbocycles. The van der Waals surface area contributed by atoms with Crippen molar-refractivity contribution in [1.29, 1.82) is 0 Å². The molecular weight excluding hydrogens is 134 g/mol. The summed E-state index contributed by atoms with van der Waals surface area (Å²) in [5.41, 5.74) is 1.94. The van der Waals surface area contributed by atoms with E-state index in [9.17, 15) is 0 Å². The summed E-state index contributed by atoms with van der Waals surface area (Å²) in [5.74, 6) is 0. The zero-order valence-electron chi connectivity index (χ0n) is 6.12. The number of aliphatic hydroxyl groups is 2. The Morgan fingerprint density at radius 2 is 2.10 bits per heavy atom. The molecule has 2 unspecified atom stereocenters. The fraction of sp³-hybridized carbons (Fsp3) is 1.00. The van der Waals surface area contributed by atoms with Crippen molar-refractivity contribution in [3.05, 3.63) is 0 Å². The van der Waals surface area contributed by atoms with Gasteiger partial charge in [0.1, 0.15) is 0 Å². The zero-order chi connectivity index (χ0) is 7.98. The van der Waals surface area contributed by atoms with Gasteiger partial charge in [-0.1, -0.05) is 6.92 Å². The van der Waals surface area contributed by atoms with Gasteiger partial charge in [-0.2, -0.15) is 5.48 Å². The second-order valence-corrected chi connectivity index (χ2v) is 2.22. The van der Waals surface area contributed by atoms with Crippen molar-refractivity contribution >= 4 is 0 Å². The lowest BCUT2D eigenvalue weighted by Crippen LogP contribution is -2.38. The van der Waals surface area contributed by atoms with Gasteiger partial charge < -0.3 is 15.4 Å². The highest BCUT2D eigenvalue weighted by Gasteiger charge is 2.14. The minimum Gasteiger partial charge on any atom is -0.396 e. The number of hydroxylamine groups is 1. The standard InChI is InChI=1S/C6H15NO3/c1-2-6(9)5(7-10)3-4-8/h5-10H,2-4H2,1H3. The van der Waals surface area contributed by atoms with Crippen molar-refractivity contribution in [2.45, 2.75) is 31.9 Å². The zero-order valence-corrected chi connectivity index (χ0v) is 6.12. The highest BCUT2D eigenvalue weighted by Crippen LogP contribution is 2.01. The average molecular weight is 149 g/mol. The van der Waals surface area contributed by atoms with Gasteiger partial charge in [-0.3, -0.25) is 0 Å². The third-order valence-electron chi connectivity index (χ3n) is 1.49. The molecule has 0 bridgehead atoms. The topological polar surface area (TPSA) is 72.7 Å². The van der Waals surface area contributed by atoms with Crippen LogP contribution in [0.25, 0.3) is 0 Å². The lowest BCUT2D eigenvalue weighted by molar-refractivity contribution is 0.0266. The van der Waals surface area contributed by atoms with Gasteiger partial charge in [0.15, 0.2) is 0 Å². The van der Waals surface area contributed by atoms with E-state index in [1.54, 1.807) is 0 Å². The maximum Gasteiger partial charge on any atom is 0.0714 e. The monoisotopic (exact) mass is 149 g/mol. The van der Waals surface area contributed by atoms with Crippen molar-refractivity contribution in [1.82, 2.24) is 5.48 Å². The van der Waals surface area contributed by atoms with Crippen LogP contribution in [-0.2, 0) is 0 Å². The lowest BCUT2D eigenvalue weighted by atomic mass is 10.1. The number of aliphatic hydroxyl groups excluding tert-OH is 2. The van der Waals surface area contributed by atoms with Crippen LogP contribution in [0.15, 0.2) is 0 Å². The minimum absolute atomic E-state index is 0.0325. The summed E-state index contributed by atoms with van der Waals surface area (Å²) < 4.78 is 0. The maximum absolute atomic E-state index is 9.12. The third-order valence-corrected chi connectivity index (χ3v) is 1.49. The van der Waals surface area contributed by atoms with E-state index < -0.39 is 12.1 Å². The van der Waals surface area contributed by atoms with Crippen LogP contribution < -0.4 is 5.48 Å². The summed E-state index contributed by atoms with van der Waals surface area (Å²) in [5, 5.41) is 26.0. The Kier molecular flexibility index (Phi) is 5.52. The predicted molar refractivity (Wildman–Crippen MR) is 36.7 cm³/mol. The highest BCUT2D eigenvalue weighted by molar-refractivity contribution is 4.70. The number of rotatable bonds is 5. The van der Waals surface area contributed by atoms with Crippen molar-refractivity contribution in [3.8, 4) is 0 Å². The van der Waals surface area contributed by atoms with Crippen molar-refractivity contribution in [2.24, 2.45) is 0 Å². The first kappa shape index (κ1) is 9.84. The molecule has 0 aliphatic heterocycles. The molecule has 0 spiro atoms. The number of nitrogens with one attached hydrogen (secondary N) is 1. The van der Waals surface area contributed by atoms with Crippen LogP contribution in [0.3, 0.4) is 0 Å². The van der Waals surface area contributed by atoms with E-state index in [1.165, 1.54) is 0 Å². The van der Waals surface area contributed by atoms with E-state index in [0.29, 0.717) is 12.8 Å². The molecule has 0 saturated carbocycles. The Balaban J connectivity index is 3.56. The molecule has 0 aromatic rings. The first-order chi connectivity index (χ1) is 4.76. The Bertz CT molecular complexity index is 79.4. The van der Waals surface area contributed by atoms with E-state index in [1.807, 2.05) is 12.4 Å². The maximum atomic E-state index is 9.12. The van der Waals surface area contributed by atoms with Gasteiger partial charge in [-0.25, -0.2) is 0 Å². The average Bonchev–Trinajstić information content (AvgIpc) is 1.99. The summed E-state index contributed by atoms with van der Waals surface area (Å²) in [6, 6.07) is -0.407. The molecule has 4 heteroatoms. The molecule has 10 heavy (non-hydrogen) atoms. The molecule has 0 aromatic carbocycles. The first-order valence-electron chi connectivity index (χ1n) is 3.44. The molecular formula is C6H15NO3. The Labute approximate surface area is 60.5 Å². The van der Waals surface area contributed by atoms with Crippen LogP contribution in [0.4, 0.5) is 0 Å². The van der Waals surface area contributed by atoms with Gasteiger partial charge in [-0.15, -0.1) is 0 Å². The molecule has 0 radical (unpaired) electrons. The quantitative estimate of drug-likeness (QED) is 0.397. The van der Waals surface area contributed by atoms with Crippen LogP contribution in [0.2, 0.25) is 0 Å². The minimum atomic E-state index is -0.586. The van der Waals surface area contributed by atoms with Crippen LogP contribution in [0, 0.1) is 0 Å². The van der Waals surface area contributed by atoms with E-state index in [0.717, 1.165) is 0 Å². The van der Waals surface area contributed by atoms with E-state index in [4.69, 9.17) is 15.4 Å². The number of hydrogen-bond acceptors (Lipinski definition) is 4. The lowest BCUT2D eigenvalue weighted by Gasteiger charge is -2.18. The van der Waals surface area contributed by atoms with Gasteiger partial charge in [0.25, 0.3) is 0 Å². The molecule has 0 rings (SSSR count). The van der Waals surface area contributed by atoms with Gasteiger partial charge in [0.2, 0.25) is 0 Å². The first-order valence-corrected chi connectivity index (χ1v) is 3.44. The summed E-state index contributed by atoms with van der Waals surface area (Å²) >= 11 is 0. The van der Waals surface area contributed by atoms with Crippen LogP contribution >= 0.6 is 0 Å². The largest absolute Gasteiger partial charge is 0.396 e. The Morgan fingerprint density at radius 3 is 2.40 bits per heavy atom. The van der Waals surface area contributed by atoms with Crippen LogP contribution in [0.1, 0.15) is 19.8 Å². The fourth-order valence-corrected chi connectivity index (χ4v) is 0.767. The Hall–Kier alpha value is -0.160. The molecule has 2 atom stereocenters. The second kappa shape index (κ2) is 5.61. The van der Waals surface area contributed by atoms with Gasteiger partial charge in [-0.05, 0) is 12.8 Å². The van der Waals surface area contributed by atoms with Crippen LogP contribution in [-0.4, -0.2) is 34.2 Å². The molecule has 0 saturated heterocycles. The molecule has 62 valence electrons. The van der Waals surface area contributed by atoms with E-state index in [2.05, 4.69) is 0 Å². The summed E-state index contributed by atoms with van der Waals surface area (Å²) in [4.78, 5) is 0. The number of hydrogen-bond donors (Lipinski definition) is 4. The van der Waals surface area contributed by atoms with Crippen molar-refractivity contribution in [3.63, 3.8) is 0 Å². The highest BCUT2D eigenvalue weighted by atomic mass is 16.5. The molecule has 0 fully saturated rings. The normalized spacial score (nSPS) is 16.8. The molecule has 4 nitrogen and oxygen atoms in total. The predicted octanol–water partition coefficient (Wildman–Crippen LogP) is -0.513. The fourth-order valence-electron chi connectivity index (χ4n) is 0.767. The molecule has 4 N–H and O–H groups in total. The third kappa shape index (κ3) is 3.12. The SMILES string of the molecule is CCC(O)C(CCO)NO. The van der Waals surface area contributed by atoms with Crippen LogP contribution in [0.5, 0.6) is 0 Å². The molecule has 0 aliphatic rings. The smallest absolute Gasteiger partial charge is 0.0714 e. The van der Waals surface area contributed by atoms with E-state index >= 15 is 0 Å². The molecule has 0 amide bonds. The van der Waals surface area contributed by atoms with Crippen molar-refractivity contribution < 1.29 is 15.4 Å². The van der Waals surface area contributed by atoms with Gasteiger partial charge in [0.05, 0.1) is 12.1 Å². The summed E-state index contributed by atoms with van der Waals surface area (Å²) in [7, 11) is 0. The summed E-state index contributed by atoms with van der Waals surface area (Å²) in [6.07, 6.45) is 0.348. The summed E-state index contributed by atoms with van der Waals surface area (Å²) in [6.45, 7) is 1.78. The van der Waals surface area contributed by atoms with E-state index in [-0.39, 0.29) is 6.61 Å². The van der Waals surface area contributed by atoms with Gasteiger partial charge >= 0.3 is 0 Å². The Morgan fingerprint density at radius 1 is 1.50 bits per heavy atom. The van der Waals surface area contributed by atoms with Crippen molar-refractivity contribution in [2.75, 3.05) is 6.61 Å². The second-order valence-electron chi connectivity index (χ2n) is 2.22.